The lowest BCUT2D eigenvalue weighted by Crippen LogP contribution is -2.51. The predicted molar refractivity (Wildman–Crippen MR) is 134 cm³/mol. The van der Waals surface area contributed by atoms with E-state index >= 15 is 0 Å². The summed E-state index contributed by atoms with van der Waals surface area (Å²) in [5.41, 5.74) is 3.50. The molecule has 2 N–H and O–H groups in total. The molecule has 0 aliphatic carbocycles. The van der Waals surface area contributed by atoms with Crippen LogP contribution in [-0.2, 0) is 11.3 Å². The number of aromatic nitrogens is 3. The van der Waals surface area contributed by atoms with Crippen molar-refractivity contribution in [1.29, 1.82) is 5.26 Å². The Hall–Kier alpha value is -4.27. The maximum atomic E-state index is 11.1. The Morgan fingerprint density at radius 2 is 2.05 bits per heavy atom. The van der Waals surface area contributed by atoms with Crippen LogP contribution in [0.5, 0.6) is 5.75 Å². The van der Waals surface area contributed by atoms with Crippen molar-refractivity contribution in [2.45, 2.75) is 25.2 Å². The Morgan fingerprint density at radius 1 is 1.19 bits per heavy atom. The number of benzene rings is 1. The number of nitrogens with zero attached hydrogens (tertiary/aromatic N) is 6. The van der Waals surface area contributed by atoms with E-state index in [1.807, 2.05) is 18.2 Å². The van der Waals surface area contributed by atoms with E-state index in [1.165, 1.54) is 4.90 Å². The molecule has 0 bridgehead atoms. The van der Waals surface area contributed by atoms with Crippen molar-refractivity contribution < 1.29 is 19.4 Å². The summed E-state index contributed by atoms with van der Waals surface area (Å²) in [7, 11) is 1.73. The van der Waals surface area contributed by atoms with Crippen molar-refractivity contribution in [3.8, 4) is 23.1 Å². The lowest BCUT2D eigenvalue weighted by atomic mass is 10.1. The highest BCUT2D eigenvalue weighted by Crippen LogP contribution is 2.28. The van der Waals surface area contributed by atoms with E-state index < -0.39 is 6.09 Å². The molecule has 0 spiro atoms. The van der Waals surface area contributed by atoms with Gasteiger partial charge in [0.15, 0.2) is 0 Å². The third-order valence-electron chi connectivity index (χ3n) is 6.48. The number of methoxy groups -OCH3 is 1. The Morgan fingerprint density at radius 3 is 2.76 bits per heavy atom. The molecule has 1 aromatic carbocycles. The highest BCUT2D eigenvalue weighted by atomic mass is 16.5. The normalized spacial score (nSPS) is 17.7. The van der Waals surface area contributed by atoms with Crippen LogP contribution in [0.15, 0.2) is 48.8 Å². The van der Waals surface area contributed by atoms with Gasteiger partial charge in [0.25, 0.3) is 0 Å². The first-order chi connectivity index (χ1) is 18.0. The molecule has 5 rings (SSSR count). The summed E-state index contributed by atoms with van der Waals surface area (Å²) in [5.74, 6) is 0.842. The third kappa shape index (κ3) is 5.77. The molecule has 0 saturated carbocycles. The first kappa shape index (κ1) is 24.4. The minimum Gasteiger partial charge on any atom is -0.487 e. The van der Waals surface area contributed by atoms with Gasteiger partial charge in [0, 0.05) is 51.5 Å². The lowest BCUT2D eigenvalue weighted by Gasteiger charge is -2.37. The van der Waals surface area contributed by atoms with Crippen LogP contribution >= 0.6 is 0 Å². The van der Waals surface area contributed by atoms with Crippen molar-refractivity contribution in [1.82, 2.24) is 24.8 Å². The van der Waals surface area contributed by atoms with Crippen LogP contribution in [0.2, 0.25) is 0 Å². The molecule has 0 unspecified atom stereocenters. The molecule has 2 aromatic heterocycles. The van der Waals surface area contributed by atoms with Crippen molar-refractivity contribution in [3.05, 3.63) is 60.0 Å². The fourth-order valence-electron chi connectivity index (χ4n) is 4.39. The Balaban J connectivity index is 1.23. The third-order valence-corrected chi connectivity index (χ3v) is 6.48. The van der Waals surface area contributed by atoms with Gasteiger partial charge >= 0.3 is 6.09 Å². The van der Waals surface area contributed by atoms with Crippen molar-refractivity contribution in [3.63, 3.8) is 0 Å². The number of nitrogens with one attached hydrogen (secondary N) is 1. The summed E-state index contributed by atoms with van der Waals surface area (Å²) in [6.45, 7) is 3.33. The molecular formula is C26H27N7O4. The molecule has 190 valence electrons. The van der Waals surface area contributed by atoms with Gasteiger partial charge in [-0.05, 0) is 36.4 Å². The van der Waals surface area contributed by atoms with Crippen LogP contribution < -0.4 is 10.1 Å². The van der Waals surface area contributed by atoms with E-state index in [0.29, 0.717) is 42.0 Å². The zero-order valence-corrected chi connectivity index (χ0v) is 20.4. The molecule has 3 aromatic rings. The van der Waals surface area contributed by atoms with Crippen LogP contribution in [0, 0.1) is 11.3 Å². The first-order valence-corrected chi connectivity index (χ1v) is 12.0. The molecule has 11 heteroatoms. The minimum atomic E-state index is -0.964. The number of anilines is 2. The van der Waals surface area contributed by atoms with Gasteiger partial charge in [-0.2, -0.15) is 5.26 Å². The zero-order valence-electron chi connectivity index (χ0n) is 20.4. The minimum absolute atomic E-state index is 0.280. The van der Waals surface area contributed by atoms with Gasteiger partial charge in [0.05, 0.1) is 41.5 Å². The Bertz CT molecular complexity index is 1310. The summed E-state index contributed by atoms with van der Waals surface area (Å²) in [6.07, 6.45) is 3.06. The number of ether oxygens (including phenoxy) is 2. The second kappa shape index (κ2) is 10.8. The fraction of sp³-hybridized carbons (Fsp3) is 0.346. The standard InChI is InChI=1S/C26H27N7O4/c1-36-22-14-32(15-22)13-20-4-3-19(12-29-20)30-25-28-8-6-23(31-25)17-2-5-24(18(10-17)11-27)37-21-7-9-33(16-21)26(34)35/h2-6,8,10,12,21-22H,7,9,13-16H2,1H3,(H,34,35)(H,28,30,31)/t21-/m1/s1. The van der Waals surface area contributed by atoms with Crippen LogP contribution in [-0.4, -0.2) is 81.4 Å². The van der Waals surface area contributed by atoms with Crippen LogP contribution in [0.4, 0.5) is 16.4 Å². The molecule has 11 nitrogen and oxygen atoms in total. The molecule has 1 amide bonds. The summed E-state index contributed by atoms with van der Waals surface area (Å²) in [5, 5.41) is 22.0. The van der Waals surface area contributed by atoms with Crippen LogP contribution in [0.25, 0.3) is 11.3 Å². The number of rotatable bonds is 8. The average Bonchev–Trinajstić information content (AvgIpc) is 3.36. The number of nitriles is 1. The highest BCUT2D eigenvalue weighted by molar-refractivity contribution is 5.66. The SMILES string of the molecule is COC1CN(Cc2ccc(Nc3nccc(-c4ccc(O[C@@H]5CCN(C(=O)O)C5)c(C#N)c4)n3)cn2)C1. The van der Waals surface area contributed by atoms with E-state index in [2.05, 4.69) is 31.2 Å². The molecule has 2 aliphatic heterocycles. The van der Waals surface area contributed by atoms with Gasteiger partial charge in [0.1, 0.15) is 17.9 Å². The van der Waals surface area contributed by atoms with Gasteiger partial charge in [-0.15, -0.1) is 0 Å². The average molecular weight is 502 g/mol. The second-order valence-electron chi connectivity index (χ2n) is 9.06. The van der Waals surface area contributed by atoms with Crippen molar-refractivity contribution in [2.75, 3.05) is 38.6 Å². The number of hydrogen-bond donors (Lipinski definition) is 2. The lowest BCUT2D eigenvalue weighted by molar-refractivity contribution is -0.0339. The number of hydrogen-bond acceptors (Lipinski definition) is 9. The van der Waals surface area contributed by atoms with E-state index in [4.69, 9.17) is 14.6 Å². The predicted octanol–water partition coefficient (Wildman–Crippen LogP) is 3.12. The van der Waals surface area contributed by atoms with Crippen molar-refractivity contribution >= 4 is 17.7 Å². The number of carbonyl (C=O) groups is 1. The molecule has 37 heavy (non-hydrogen) atoms. The van der Waals surface area contributed by atoms with E-state index in [0.717, 1.165) is 36.6 Å². The number of carboxylic acid groups (broad SMARTS) is 1. The largest absolute Gasteiger partial charge is 0.487 e. The molecule has 0 radical (unpaired) electrons. The van der Waals surface area contributed by atoms with Crippen LogP contribution in [0.3, 0.4) is 0 Å². The number of pyridine rings is 1. The Labute approximate surface area is 214 Å². The van der Waals surface area contributed by atoms with Gasteiger partial charge in [-0.1, -0.05) is 0 Å². The molecule has 1 atom stereocenters. The molecule has 4 heterocycles. The van der Waals surface area contributed by atoms with Gasteiger partial charge in [0.2, 0.25) is 5.95 Å². The quantitative estimate of drug-likeness (QED) is 0.474. The first-order valence-electron chi connectivity index (χ1n) is 12.0. The van der Waals surface area contributed by atoms with Crippen molar-refractivity contribution in [2.24, 2.45) is 0 Å². The van der Waals surface area contributed by atoms with E-state index in [9.17, 15) is 10.1 Å². The van der Waals surface area contributed by atoms with E-state index in [1.54, 1.807) is 37.7 Å². The number of amides is 1. The van der Waals surface area contributed by atoms with Gasteiger partial charge < -0.3 is 24.8 Å². The fourth-order valence-corrected chi connectivity index (χ4v) is 4.39. The topological polar surface area (TPSA) is 137 Å². The highest BCUT2D eigenvalue weighted by Gasteiger charge is 2.28. The zero-order chi connectivity index (χ0) is 25.8. The monoisotopic (exact) mass is 501 g/mol. The molecular weight excluding hydrogens is 474 g/mol. The summed E-state index contributed by atoms with van der Waals surface area (Å²) in [4.78, 5) is 28.2. The van der Waals surface area contributed by atoms with Gasteiger partial charge in [-0.3, -0.25) is 9.88 Å². The smallest absolute Gasteiger partial charge is 0.407 e. The molecule has 2 aliphatic rings. The summed E-state index contributed by atoms with van der Waals surface area (Å²) >= 11 is 0. The molecule has 2 fully saturated rings. The van der Waals surface area contributed by atoms with Crippen LogP contribution in [0.1, 0.15) is 17.7 Å². The summed E-state index contributed by atoms with van der Waals surface area (Å²) in [6, 6.07) is 13.1. The van der Waals surface area contributed by atoms with E-state index in [-0.39, 0.29) is 12.6 Å². The maximum Gasteiger partial charge on any atom is 0.407 e. The van der Waals surface area contributed by atoms with Gasteiger partial charge in [-0.25, -0.2) is 14.8 Å². The number of likely N-dealkylation sites (tertiary alicyclic amines) is 2. The maximum absolute atomic E-state index is 11.1. The molecule has 2 saturated heterocycles. The Kier molecular flexibility index (Phi) is 7.11. The second-order valence-corrected chi connectivity index (χ2v) is 9.06. The summed E-state index contributed by atoms with van der Waals surface area (Å²) < 4.78 is 11.2.